The number of halogens is 1. The normalized spacial score (nSPS) is 17.5. The van der Waals surface area contributed by atoms with E-state index in [2.05, 4.69) is 5.32 Å². The number of hydrogen-bond acceptors (Lipinski definition) is 4. The topological polar surface area (TPSA) is 104 Å². The molecule has 7 nitrogen and oxygen atoms in total. The zero-order valence-corrected chi connectivity index (χ0v) is 17.9. The largest absolute Gasteiger partial charge is 0.480 e. The molecule has 1 heterocycles. The third-order valence-electron chi connectivity index (χ3n) is 5.39. The minimum atomic E-state index is -4.13. The number of rotatable bonds is 8. The van der Waals surface area contributed by atoms with Crippen LogP contribution in [0, 0.1) is 5.82 Å². The molecule has 3 rings (SSSR count). The maximum absolute atomic E-state index is 13.3. The molecule has 1 unspecified atom stereocenters. The third kappa shape index (κ3) is 5.11. The van der Waals surface area contributed by atoms with E-state index in [0.717, 1.165) is 46.1 Å². The zero-order chi connectivity index (χ0) is 22.6. The molecular weight excluding hydrogens is 423 g/mol. The average molecular weight is 449 g/mol. The number of carbonyl (C=O) groups excluding carboxylic acids is 1. The minimum Gasteiger partial charge on any atom is -0.480 e. The van der Waals surface area contributed by atoms with E-state index in [0.29, 0.717) is 6.42 Å². The lowest BCUT2D eigenvalue weighted by atomic mass is 9.95. The predicted octanol–water partition coefficient (Wildman–Crippen LogP) is 2.70. The summed E-state index contributed by atoms with van der Waals surface area (Å²) >= 11 is 0. The van der Waals surface area contributed by atoms with E-state index in [4.69, 9.17) is 0 Å². The first-order valence-corrected chi connectivity index (χ1v) is 11.6. The van der Waals surface area contributed by atoms with E-state index < -0.39 is 39.8 Å². The molecule has 0 spiro atoms. The second-order valence-electron chi connectivity index (χ2n) is 7.53. The van der Waals surface area contributed by atoms with Gasteiger partial charge in [0, 0.05) is 6.54 Å². The van der Waals surface area contributed by atoms with Gasteiger partial charge >= 0.3 is 5.97 Å². The lowest BCUT2D eigenvalue weighted by molar-refractivity contribution is -0.142. The molecule has 0 aliphatic carbocycles. The van der Waals surface area contributed by atoms with Crippen molar-refractivity contribution in [3.05, 3.63) is 65.5 Å². The number of carbonyl (C=O) groups is 2. The summed E-state index contributed by atoms with van der Waals surface area (Å²) in [5.74, 6) is -2.40. The summed E-state index contributed by atoms with van der Waals surface area (Å²) in [5, 5.41) is 12.0. The van der Waals surface area contributed by atoms with Crippen LogP contribution in [0.2, 0.25) is 0 Å². The van der Waals surface area contributed by atoms with Crippen molar-refractivity contribution in [2.75, 3.05) is 0 Å². The average Bonchev–Trinajstić information content (AvgIpc) is 2.75. The maximum atomic E-state index is 13.3. The Morgan fingerprint density at radius 3 is 2.42 bits per heavy atom. The molecule has 2 atom stereocenters. The van der Waals surface area contributed by atoms with E-state index in [-0.39, 0.29) is 24.3 Å². The van der Waals surface area contributed by atoms with Gasteiger partial charge in [0.2, 0.25) is 15.9 Å². The Kier molecular flexibility index (Phi) is 7.07. The Hall–Kier alpha value is -2.78. The molecule has 1 amide bonds. The van der Waals surface area contributed by atoms with Crippen molar-refractivity contribution in [2.24, 2.45) is 0 Å². The summed E-state index contributed by atoms with van der Waals surface area (Å²) in [5.41, 5.74) is 1.59. The molecule has 2 aromatic carbocycles. The van der Waals surface area contributed by atoms with Crippen molar-refractivity contribution in [3.63, 3.8) is 0 Å². The van der Waals surface area contributed by atoms with Gasteiger partial charge in [-0.25, -0.2) is 17.6 Å². The van der Waals surface area contributed by atoms with Gasteiger partial charge in [-0.2, -0.15) is 4.31 Å². The first-order valence-electron chi connectivity index (χ1n) is 10.1. The molecule has 0 bridgehead atoms. The van der Waals surface area contributed by atoms with Gasteiger partial charge in [0.25, 0.3) is 0 Å². The van der Waals surface area contributed by atoms with Crippen LogP contribution in [0.15, 0.2) is 53.4 Å². The molecule has 31 heavy (non-hydrogen) atoms. The third-order valence-corrected chi connectivity index (χ3v) is 7.26. The molecule has 1 aliphatic rings. The Morgan fingerprint density at radius 2 is 1.81 bits per heavy atom. The quantitative estimate of drug-likeness (QED) is 0.646. The standard InChI is InChI=1S/C22H25FN2O5S/c1-2-3-8-19(22(27)28)24-21(26)20-13-15-6-4-5-7-16(15)14-25(20)31(29,30)18-11-9-17(23)10-12-18/h4-7,9-12,19-20H,2-3,8,13-14H2,1H3,(H,24,26)(H,27,28)/t19?,20-/m0/s1. The second-order valence-corrected chi connectivity index (χ2v) is 9.43. The molecule has 166 valence electrons. The summed E-state index contributed by atoms with van der Waals surface area (Å²) in [4.78, 5) is 24.5. The molecule has 2 N–H and O–H groups in total. The number of aliphatic carboxylic acids is 1. The van der Waals surface area contributed by atoms with Crippen molar-refractivity contribution in [1.82, 2.24) is 9.62 Å². The number of nitrogens with zero attached hydrogens (tertiary/aromatic N) is 1. The van der Waals surface area contributed by atoms with Crippen molar-refractivity contribution >= 4 is 21.9 Å². The smallest absolute Gasteiger partial charge is 0.326 e. The summed E-state index contributed by atoms with van der Waals surface area (Å²) in [6.07, 6.45) is 1.75. The van der Waals surface area contributed by atoms with Crippen molar-refractivity contribution in [1.29, 1.82) is 0 Å². The summed E-state index contributed by atoms with van der Waals surface area (Å²) in [7, 11) is -4.13. The number of amides is 1. The molecule has 0 radical (unpaired) electrons. The summed E-state index contributed by atoms with van der Waals surface area (Å²) in [6, 6.07) is 9.39. The lowest BCUT2D eigenvalue weighted by Crippen LogP contribution is -2.55. The first-order chi connectivity index (χ1) is 14.7. The highest BCUT2D eigenvalue weighted by Crippen LogP contribution is 2.29. The number of benzene rings is 2. The van der Waals surface area contributed by atoms with E-state index in [1.807, 2.05) is 13.0 Å². The van der Waals surface area contributed by atoms with Crippen molar-refractivity contribution < 1.29 is 27.5 Å². The fraction of sp³-hybridized carbons (Fsp3) is 0.364. The SMILES string of the molecule is CCCCC(NC(=O)[C@@H]1Cc2ccccc2CN1S(=O)(=O)c1ccc(F)cc1)C(=O)O. The molecule has 0 saturated carbocycles. The van der Waals surface area contributed by atoms with Crippen LogP contribution in [0.4, 0.5) is 4.39 Å². The molecule has 0 aromatic heterocycles. The molecule has 0 fully saturated rings. The summed E-state index contributed by atoms with van der Waals surface area (Å²) < 4.78 is 41.0. The number of nitrogens with one attached hydrogen (secondary N) is 1. The van der Waals surface area contributed by atoms with Crippen LogP contribution in [0.25, 0.3) is 0 Å². The number of hydrogen-bond donors (Lipinski definition) is 2. The molecular formula is C22H25FN2O5S. The second kappa shape index (κ2) is 9.57. The van der Waals surface area contributed by atoms with Gasteiger partial charge in [0.05, 0.1) is 4.90 Å². The first kappa shape index (κ1) is 22.9. The van der Waals surface area contributed by atoms with Crippen molar-refractivity contribution in [2.45, 2.75) is 56.1 Å². The highest BCUT2D eigenvalue weighted by atomic mass is 32.2. The number of sulfonamides is 1. The van der Waals surface area contributed by atoms with Crippen LogP contribution < -0.4 is 5.32 Å². The summed E-state index contributed by atoms with van der Waals surface area (Å²) in [6.45, 7) is 1.87. The monoisotopic (exact) mass is 448 g/mol. The number of fused-ring (bicyclic) bond motifs is 1. The number of carboxylic acids is 1. The van der Waals surface area contributed by atoms with Crippen LogP contribution >= 0.6 is 0 Å². The fourth-order valence-corrected chi connectivity index (χ4v) is 5.22. The van der Waals surface area contributed by atoms with Gasteiger partial charge in [-0.05, 0) is 48.2 Å². The molecule has 1 aliphatic heterocycles. The van der Waals surface area contributed by atoms with Crippen LogP contribution in [-0.4, -0.2) is 41.8 Å². The Labute approximate surface area is 180 Å². The Morgan fingerprint density at radius 1 is 1.16 bits per heavy atom. The van der Waals surface area contributed by atoms with Gasteiger partial charge in [-0.3, -0.25) is 4.79 Å². The van der Waals surface area contributed by atoms with Gasteiger partial charge in [-0.15, -0.1) is 0 Å². The number of carboxylic acid groups (broad SMARTS) is 1. The zero-order valence-electron chi connectivity index (χ0n) is 17.1. The van der Waals surface area contributed by atoms with E-state index in [9.17, 15) is 27.5 Å². The van der Waals surface area contributed by atoms with E-state index in [1.165, 1.54) is 0 Å². The number of unbranched alkanes of at least 4 members (excludes halogenated alkanes) is 1. The van der Waals surface area contributed by atoms with Crippen LogP contribution in [0.5, 0.6) is 0 Å². The molecule has 9 heteroatoms. The fourth-order valence-electron chi connectivity index (χ4n) is 3.65. The van der Waals surface area contributed by atoms with E-state index in [1.54, 1.807) is 18.2 Å². The van der Waals surface area contributed by atoms with Crippen LogP contribution in [0.3, 0.4) is 0 Å². The maximum Gasteiger partial charge on any atom is 0.326 e. The molecule has 2 aromatic rings. The van der Waals surface area contributed by atoms with Gasteiger partial charge < -0.3 is 10.4 Å². The van der Waals surface area contributed by atoms with Gasteiger partial charge in [-0.1, -0.05) is 44.0 Å². The van der Waals surface area contributed by atoms with E-state index >= 15 is 0 Å². The van der Waals surface area contributed by atoms with Gasteiger partial charge in [0.1, 0.15) is 17.9 Å². The van der Waals surface area contributed by atoms with Gasteiger partial charge in [0.15, 0.2) is 0 Å². The minimum absolute atomic E-state index is 0.0410. The Bertz CT molecular complexity index is 1060. The predicted molar refractivity (Wildman–Crippen MR) is 112 cm³/mol. The van der Waals surface area contributed by atoms with Crippen molar-refractivity contribution in [3.8, 4) is 0 Å². The van der Waals surface area contributed by atoms with Crippen LogP contribution in [-0.2, 0) is 32.6 Å². The highest BCUT2D eigenvalue weighted by Gasteiger charge is 2.40. The highest BCUT2D eigenvalue weighted by molar-refractivity contribution is 7.89. The Balaban J connectivity index is 1.95. The van der Waals surface area contributed by atoms with Crippen LogP contribution in [0.1, 0.15) is 37.3 Å². The lowest BCUT2D eigenvalue weighted by Gasteiger charge is -2.35. The molecule has 0 saturated heterocycles.